The Morgan fingerprint density at radius 2 is 2.05 bits per heavy atom. The molecule has 0 saturated carbocycles. The van der Waals surface area contributed by atoms with Crippen LogP contribution in [-0.4, -0.2) is 37.9 Å². The third-order valence-electron chi connectivity index (χ3n) is 3.80. The van der Waals surface area contributed by atoms with Crippen molar-refractivity contribution < 1.29 is 4.74 Å². The smallest absolute Gasteiger partial charge is 0.118 e. The van der Waals surface area contributed by atoms with Gasteiger partial charge in [-0.25, -0.2) is 0 Å². The summed E-state index contributed by atoms with van der Waals surface area (Å²) in [5, 5.41) is 0. The first-order chi connectivity index (χ1) is 9.63. The molecule has 1 heterocycles. The lowest BCUT2D eigenvalue weighted by Gasteiger charge is -2.29. The highest BCUT2D eigenvalue weighted by atomic mass is 16.5. The first-order valence-corrected chi connectivity index (χ1v) is 6.90. The minimum atomic E-state index is 0.814. The monoisotopic (exact) mass is 273 g/mol. The average molecular weight is 273 g/mol. The van der Waals surface area contributed by atoms with Crippen LogP contribution in [0.25, 0.3) is 0 Å². The van der Waals surface area contributed by atoms with Crippen molar-refractivity contribution in [3.8, 4) is 5.75 Å². The minimum Gasteiger partial charge on any atom is -0.497 e. The van der Waals surface area contributed by atoms with E-state index >= 15 is 0 Å². The first kappa shape index (κ1) is 14.6. The Morgan fingerprint density at radius 1 is 1.35 bits per heavy atom. The summed E-state index contributed by atoms with van der Waals surface area (Å²) in [5.74, 6) is 0.892. The fourth-order valence-electron chi connectivity index (χ4n) is 2.52. The Kier molecular flexibility index (Phi) is 4.79. The molecule has 0 unspecified atom stereocenters. The normalized spacial score (nSPS) is 17.4. The Hall–Kier alpha value is -1.81. The second kappa shape index (κ2) is 6.57. The number of benzene rings is 1. The molecule has 108 valence electrons. The zero-order chi connectivity index (χ0) is 14.5. The van der Waals surface area contributed by atoms with Gasteiger partial charge in [0.15, 0.2) is 0 Å². The van der Waals surface area contributed by atoms with Gasteiger partial charge in [-0.2, -0.15) is 0 Å². The molecule has 20 heavy (non-hydrogen) atoms. The van der Waals surface area contributed by atoms with Crippen LogP contribution in [0.4, 0.5) is 0 Å². The molecule has 0 spiro atoms. The van der Waals surface area contributed by atoms with Crippen LogP contribution >= 0.6 is 0 Å². The largest absolute Gasteiger partial charge is 0.497 e. The van der Waals surface area contributed by atoms with Crippen molar-refractivity contribution in [3.05, 3.63) is 41.1 Å². The maximum absolute atomic E-state index is 6.18. The molecule has 0 amide bonds. The van der Waals surface area contributed by atoms with Gasteiger partial charge in [-0.15, -0.1) is 0 Å². The molecule has 0 saturated heterocycles. The van der Waals surface area contributed by atoms with Gasteiger partial charge in [0.25, 0.3) is 0 Å². The molecule has 0 aromatic heterocycles. The highest BCUT2D eigenvalue weighted by Crippen LogP contribution is 2.19. The highest BCUT2D eigenvalue weighted by molar-refractivity contribution is 5.98. The van der Waals surface area contributed by atoms with Crippen molar-refractivity contribution in [1.82, 2.24) is 4.90 Å². The number of nitrogens with zero attached hydrogens (tertiary/aromatic N) is 2. The molecular weight excluding hydrogens is 250 g/mol. The molecule has 2 N–H and O–H groups in total. The molecule has 0 bridgehead atoms. The predicted octanol–water partition coefficient (Wildman–Crippen LogP) is 2.20. The predicted molar refractivity (Wildman–Crippen MR) is 83.1 cm³/mol. The summed E-state index contributed by atoms with van der Waals surface area (Å²) in [6.45, 7) is 4.78. The summed E-state index contributed by atoms with van der Waals surface area (Å²) >= 11 is 0. The molecule has 2 rings (SSSR count). The van der Waals surface area contributed by atoms with Crippen molar-refractivity contribution in [3.63, 3.8) is 0 Å². The van der Waals surface area contributed by atoms with E-state index in [1.807, 2.05) is 26.1 Å². The quantitative estimate of drug-likeness (QED) is 0.856. The topological polar surface area (TPSA) is 50.8 Å². The molecule has 1 aliphatic heterocycles. The maximum Gasteiger partial charge on any atom is 0.118 e. The van der Waals surface area contributed by atoms with Crippen LogP contribution in [0.5, 0.6) is 5.75 Å². The zero-order valence-electron chi connectivity index (χ0n) is 12.5. The number of hydrogen-bond acceptors (Lipinski definition) is 4. The molecular formula is C16H23N3O. The molecule has 4 heteroatoms. The Bertz CT molecular complexity index is 517. The van der Waals surface area contributed by atoms with Crippen molar-refractivity contribution in [2.24, 2.45) is 10.7 Å². The molecule has 0 fully saturated rings. The van der Waals surface area contributed by atoms with Gasteiger partial charge in [0.05, 0.1) is 7.11 Å². The van der Waals surface area contributed by atoms with E-state index in [9.17, 15) is 0 Å². The fourth-order valence-corrected chi connectivity index (χ4v) is 2.52. The van der Waals surface area contributed by atoms with Crippen LogP contribution in [0.15, 0.2) is 40.5 Å². The second-order valence-electron chi connectivity index (χ2n) is 5.12. The zero-order valence-corrected chi connectivity index (χ0v) is 12.5. The summed E-state index contributed by atoms with van der Waals surface area (Å²) in [5.41, 5.74) is 10.7. The van der Waals surface area contributed by atoms with Crippen LogP contribution in [0.2, 0.25) is 0 Å². The van der Waals surface area contributed by atoms with Crippen LogP contribution in [0, 0.1) is 0 Å². The van der Waals surface area contributed by atoms with E-state index in [1.54, 1.807) is 7.11 Å². The number of hydrogen-bond donors (Lipinski definition) is 1. The van der Waals surface area contributed by atoms with Crippen molar-refractivity contribution in [1.29, 1.82) is 0 Å². The van der Waals surface area contributed by atoms with Gasteiger partial charge < -0.3 is 10.5 Å². The lowest BCUT2D eigenvalue weighted by atomic mass is 10.0. The van der Waals surface area contributed by atoms with E-state index in [-0.39, 0.29) is 0 Å². The van der Waals surface area contributed by atoms with Crippen molar-refractivity contribution >= 4 is 5.71 Å². The lowest BCUT2D eigenvalue weighted by molar-refractivity contribution is 0.278. The molecule has 1 aromatic rings. The van der Waals surface area contributed by atoms with E-state index in [1.165, 1.54) is 11.1 Å². The SMILES string of the molecule is CN=C(C)C1=C(N)CN(Cc2ccc(OC)cc2)CC1. The minimum absolute atomic E-state index is 0.814. The Morgan fingerprint density at radius 3 is 2.60 bits per heavy atom. The first-order valence-electron chi connectivity index (χ1n) is 6.90. The summed E-state index contributed by atoms with van der Waals surface area (Å²) in [6, 6.07) is 8.20. The van der Waals surface area contributed by atoms with Crippen LogP contribution in [-0.2, 0) is 6.54 Å². The molecule has 0 atom stereocenters. The summed E-state index contributed by atoms with van der Waals surface area (Å²) in [4.78, 5) is 6.60. The summed E-state index contributed by atoms with van der Waals surface area (Å²) in [6.07, 6.45) is 0.977. The third-order valence-corrected chi connectivity index (χ3v) is 3.80. The Labute approximate surface area is 120 Å². The summed E-state index contributed by atoms with van der Waals surface area (Å²) < 4.78 is 5.17. The molecule has 4 nitrogen and oxygen atoms in total. The van der Waals surface area contributed by atoms with Gasteiger partial charge in [0.1, 0.15) is 5.75 Å². The maximum atomic E-state index is 6.18. The number of nitrogens with two attached hydrogens (primary N) is 1. The number of ether oxygens (including phenoxy) is 1. The Balaban J connectivity index is 2.01. The van der Waals surface area contributed by atoms with E-state index in [0.717, 1.165) is 43.2 Å². The second-order valence-corrected chi connectivity index (χ2v) is 5.12. The highest BCUT2D eigenvalue weighted by Gasteiger charge is 2.18. The molecule has 0 radical (unpaired) electrons. The van der Waals surface area contributed by atoms with Gasteiger partial charge in [-0.1, -0.05) is 12.1 Å². The lowest BCUT2D eigenvalue weighted by Crippen LogP contribution is -2.35. The van der Waals surface area contributed by atoms with Crippen molar-refractivity contribution in [2.75, 3.05) is 27.2 Å². The number of methoxy groups -OCH3 is 1. The van der Waals surface area contributed by atoms with E-state index in [0.29, 0.717) is 0 Å². The fraction of sp³-hybridized carbons (Fsp3) is 0.438. The van der Waals surface area contributed by atoms with Crippen LogP contribution in [0.1, 0.15) is 18.9 Å². The number of rotatable bonds is 4. The molecule has 1 aliphatic rings. The average Bonchev–Trinajstić information content (AvgIpc) is 2.47. The van der Waals surface area contributed by atoms with Gasteiger partial charge in [-0.05, 0) is 36.6 Å². The van der Waals surface area contributed by atoms with E-state index in [4.69, 9.17) is 10.5 Å². The van der Waals surface area contributed by atoms with E-state index in [2.05, 4.69) is 22.0 Å². The van der Waals surface area contributed by atoms with Gasteiger partial charge in [-0.3, -0.25) is 9.89 Å². The van der Waals surface area contributed by atoms with Gasteiger partial charge in [0.2, 0.25) is 0 Å². The van der Waals surface area contributed by atoms with Crippen LogP contribution < -0.4 is 10.5 Å². The van der Waals surface area contributed by atoms with Gasteiger partial charge in [0, 0.05) is 38.1 Å². The standard InChI is InChI=1S/C16H23N3O/c1-12(18-2)15-8-9-19(11-16(15)17)10-13-4-6-14(20-3)7-5-13/h4-7H,8-11,17H2,1-3H3. The summed E-state index contributed by atoms with van der Waals surface area (Å²) in [7, 11) is 3.50. The van der Waals surface area contributed by atoms with E-state index < -0.39 is 0 Å². The third kappa shape index (κ3) is 3.39. The van der Waals surface area contributed by atoms with Gasteiger partial charge >= 0.3 is 0 Å². The molecule has 1 aromatic carbocycles. The van der Waals surface area contributed by atoms with Crippen LogP contribution in [0.3, 0.4) is 0 Å². The number of aliphatic imine (C=N–C) groups is 1. The van der Waals surface area contributed by atoms with Crippen molar-refractivity contribution in [2.45, 2.75) is 19.9 Å². The molecule has 0 aliphatic carbocycles.